The summed E-state index contributed by atoms with van der Waals surface area (Å²) in [4.78, 5) is 11.0. The number of hydrogen-bond acceptors (Lipinski definition) is 2. The Kier molecular flexibility index (Phi) is 4.31. The minimum atomic E-state index is -4.34. The maximum absolute atomic E-state index is 12.2. The first-order valence-electron chi connectivity index (χ1n) is 4.95. The molecule has 0 atom stereocenters. The van der Waals surface area contributed by atoms with Gasteiger partial charge in [-0.05, 0) is 30.7 Å². The number of esters is 1. The van der Waals surface area contributed by atoms with Crippen LogP contribution in [0.2, 0.25) is 0 Å². The van der Waals surface area contributed by atoms with Gasteiger partial charge in [-0.2, -0.15) is 13.2 Å². The summed E-state index contributed by atoms with van der Waals surface area (Å²) in [6.45, 7) is 1.93. The quantitative estimate of drug-likeness (QED) is 0.602. The molecular formula is C12H11F3O2. The fraction of sp³-hybridized carbons (Fsp3) is 0.250. The molecule has 0 saturated heterocycles. The van der Waals surface area contributed by atoms with E-state index in [1.54, 1.807) is 6.92 Å². The SMILES string of the molecule is CCOC(=O)/C=C\c1ccc(C(F)(F)F)cc1. The minimum Gasteiger partial charge on any atom is -0.463 e. The molecule has 0 aliphatic rings. The molecule has 0 bridgehead atoms. The standard InChI is InChI=1S/C12H11F3O2/c1-2-17-11(16)8-5-9-3-6-10(7-4-9)12(13,14)15/h3-8H,2H2,1H3/b8-5-. The molecular weight excluding hydrogens is 233 g/mol. The highest BCUT2D eigenvalue weighted by molar-refractivity contribution is 5.87. The number of halogens is 3. The smallest absolute Gasteiger partial charge is 0.416 e. The zero-order chi connectivity index (χ0) is 12.9. The molecule has 1 aromatic rings. The van der Waals surface area contributed by atoms with Crippen molar-refractivity contribution in [3.63, 3.8) is 0 Å². The van der Waals surface area contributed by atoms with Crippen molar-refractivity contribution in [2.75, 3.05) is 6.61 Å². The van der Waals surface area contributed by atoms with Gasteiger partial charge in [0.1, 0.15) is 0 Å². The Balaban J connectivity index is 2.72. The molecule has 0 heterocycles. The van der Waals surface area contributed by atoms with Crippen LogP contribution < -0.4 is 0 Å². The van der Waals surface area contributed by atoms with E-state index in [-0.39, 0.29) is 6.61 Å². The average Bonchev–Trinajstić information content (AvgIpc) is 2.26. The summed E-state index contributed by atoms with van der Waals surface area (Å²) in [6, 6.07) is 4.51. The van der Waals surface area contributed by atoms with Crippen molar-refractivity contribution in [1.82, 2.24) is 0 Å². The second kappa shape index (κ2) is 5.52. The van der Waals surface area contributed by atoms with Crippen molar-refractivity contribution in [2.24, 2.45) is 0 Å². The summed E-state index contributed by atoms with van der Waals surface area (Å²) in [7, 11) is 0. The summed E-state index contributed by atoms with van der Waals surface area (Å²) in [6.07, 6.45) is -1.77. The van der Waals surface area contributed by atoms with Crippen LogP contribution >= 0.6 is 0 Å². The van der Waals surface area contributed by atoms with Gasteiger partial charge >= 0.3 is 12.1 Å². The highest BCUT2D eigenvalue weighted by Gasteiger charge is 2.29. The largest absolute Gasteiger partial charge is 0.463 e. The van der Waals surface area contributed by atoms with Crippen molar-refractivity contribution in [3.8, 4) is 0 Å². The molecule has 0 saturated carbocycles. The van der Waals surface area contributed by atoms with Crippen LogP contribution in [0.5, 0.6) is 0 Å². The van der Waals surface area contributed by atoms with Gasteiger partial charge in [-0.1, -0.05) is 12.1 Å². The summed E-state index contributed by atoms with van der Waals surface area (Å²) < 4.78 is 41.4. The van der Waals surface area contributed by atoms with Crippen LogP contribution in [0.4, 0.5) is 13.2 Å². The predicted octanol–water partition coefficient (Wildman–Crippen LogP) is 3.28. The highest BCUT2D eigenvalue weighted by atomic mass is 19.4. The van der Waals surface area contributed by atoms with Crippen molar-refractivity contribution in [2.45, 2.75) is 13.1 Å². The van der Waals surface area contributed by atoms with Crippen LogP contribution in [0.1, 0.15) is 18.1 Å². The van der Waals surface area contributed by atoms with Crippen LogP contribution in [-0.4, -0.2) is 12.6 Å². The maximum atomic E-state index is 12.2. The number of carbonyl (C=O) groups excluding carboxylic acids is 1. The summed E-state index contributed by atoms with van der Waals surface area (Å²) in [5.74, 6) is -0.521. The summed E-state index contributed by atoms with van der Waals surface area (Å²) in [5, 5.41) is 0. The second-order valence-corrected chi connectivity index (χ2v) is 3.21. The van der Waals surface area contributed by atoms with Gasteiger partial charge in [0.15, 0.2) is 0 Å². The lowest BCUT2D eigenvalue weighted by Gasteiger charge is -2.05. The lowest BCUT2D eigenvalue weighted by atomic mass is 10.1. The molecule has 0 aliphatic carbocycles. The Labute approximate surface area is 96.7 Å². The van der Waals surface area contributed by atoms with Gasteiger partial charge in [0.2, 0.25) is 0 Å². The van der Waals surface area contributed by atoms with Gasteiger partial charge in [0.05, 0.1) is 12.2 Å². The van der Waals surface area contributed by atoms with E-state index in [0.29, 0.717) is 5.56 Å². The number of carbonyl (C=O) groups is 1. The maximum Gasteiger partial charge on any atom is 0.416 e. The van der Waals surface area contributed by atoms with E-state index in [2.05, 4.69) is 4.74 Å². The van der Waals surface area contributed by atoms with Crippen molar-refractivity contribution < 1.29 is 22.7 Å². The summed E-state index contributed by atoms with van der Waals surface area (Å²) >= 11 is 0. The molecule has 92 valence electrons. The van der Waals surface area contributed by atoms with E-state index in [4.69, 9.17) is 0 Å². The molecule has 0 radical (unpaired) electrons. The van der Waals surface area contributed by atoms with Crippen LogP contribution in [0, 0.1) is 0 Å². The van der Waals surface area contributed by atoms with E-state index in [1.807, 2.05) is 0 Å². The highest BCUT2D eigenvalue weighted by Crippen LogP contribution is 2.29. The number of alkyl halides is 3. The van der Waals surface area contributed by atoms with E-state index in [1.165, 1.54) is 24.3 Å². The lowest BCUT2D eigenvalue weighted by molar-refractivity contribution is -0.138. The normalized spacial score (nSPS) is 11.8. The molecule has 1 rings (SSSR count). The first-order valence-corrected chi connectivity index (χ1v) is 4.95. The Morgan fingerprint density at radius 3 is 2.35 bits per heavy atom. The van der Waals surface area contributed by atoms with Gasteiger partial charge < -0.3 is 4.74 Å². The average molecular weight is 244 g/mol. The molecule has 2 nitrogen and oxygen atoms in total. The Hall–Kier alpha value is -1.78. The fourth-order valence-electron chi connectivity index (χ4n) is 1.14. The van der Waals surface area contributed by atoms with Crippen molar-refractivity contribution >= 4 is 12.0 Å². The molecule has 5 heteroatoms. The van der Waals surface area contributed by atoms with Gasteiger partial charge in [-0.15, -0.1) is 0 Å². The monoisotopic (exact) mass is 244 g/mol. The van der Waals surface area contributed by atoms with E-state index < -0.39 is 17.7 Å². The molecule has 0 aliphatic heterocycles. The number of hydrogen-bond donors (Lipinski definition) is 0. The van der Waals surface area contributed by atoms with Crippen LogP contribution in [0.15, 0.2) is 30.3 Å². The third-order valence-corrected chi connectivity index (χ3v) is 1.94. The van der Waals surface area contributed by atoms with E-state index >= 15 is 0 Å². The molecule has 17 heavy (non-hydrogen) atoms. The minimum absolute atomic E-state index is 0.260. The molecule has 0 unspecified atom stereocenters. The van der Waals surface area contributed by atoms with Gasteiger partial charge in [0, 0.05) is 6.08 Å². The van der Waals surface area contributed by atoms with Gasteiger partial charge in [-0.3, -0.25) is 0 Å². The van der Waals surface area contributed by atoms with Gasteiger partial charge in [0.25, 0.3) is 0 Å². The Bertz CT molecular complexity index is 405. The van der Waals surface area contributed by atoms with Crippen LogP contribution in [-0.2, 0) is 15.7 Å². The third-order valence-electron chi connectivity index (χ3n) is 1.94. The predicted molar refractivity (Wildman–Crippen MR) is 57.1 cm³/mol. The fourth-order valence-corrected chi connectivity index (χ4v) is 1.14. The lowest BCUT2D eigenvalue weighted by Crippen LogP contribution is -2.04. The molecule has 0 N–H and O–H groups in total. The summed E-state index contributed by atoms with van der Waals surface area (Å²) in [5.41, 5.74) is -0.211. The van der Waals surface area contributed by atoms with E-state index in [9.17, 15) is 18.0 Å². The van der Waals surface area contributed by atoms with Crippen molar-refractivity contribution in [3.05, 3.63) is 41.5 Å². The number of benzene rings is 1. The third kappa shape index (κ3) is 4.30. The zero-order valence-electron chi connectivity index (χ0n) is 9.12. The first-order chi connectivity index (χ1) is 7.93. The van der Waals surface area contributed by atoms with Crippen LogP contribution in [0.25, 0.3) is 6.08 Å². The Morgan fingerprint density at radius 1 is 1.29 bits per heavy atom. The van der Waals surface area contributed by atoms with Crippen LogP contribution in [0.3, 0.4) is 0 Å². The van der Waals surface area contributed by atoms with Crippen molar-refractivity contribution in [1.29, 1.82) is 0 Å². The first kappa shape index (κ1) is 13.3. The molecule has 0 fully saturated rings. The molecule has 0 amide bonds. The topological polar surface area (TPSA) is 26.3 Å². The number of ether oxygens (including phenoxy) is 1. The molecule has 0 spiro atoms. The Morgan fingerprint density at radius 2 is 1.88 bits per heavy atom. The van der Waals surface area contributed by atoms with E-state index in [0.717, 1.165) is 12.1 Å². The second-order valence-electron chi connectivity index (χ2n) is 3.21. The zero-order valence-corrected chi connectivity index (χ0v) is 9.12. The number of rotatable bonds is 3. The molecule has 0 aromatic heterocycles. The molecule has 1 aromatic carbocycles. The van der Waals surface area contributed by atoms with Gasteiger partial charge in [-0.25, -0.2) is 4.79 Å².